The van der Waals surface area contributed by atoms with Gasteiger partial charge in [0.1, 0.15) is 0 Å². The highest BCUT2D eigenvalue weighted by atomic mass is 16.1. The monoisotopic (exact) mass is 191 g/mol. The zero-order valence-electron chi connectivity index (χ0n) is 8.94. The minimum Gasteiger partial charge on any atom is -0.361 e. The van der Waals surface area contributed by atoms with Crippen LogP contribution in [0.25, 0.3) is 0 Å². The molecule has 1 N–H and O–H groups in total. The first kappa shape index (κ1) is 9.50. The van der Waals surface area contributed by atoms with Gasteiger partial charge in [-0.25, -0.2) is 0 Å². The Kier molecular flexibility index (Phi) is 2.44. The third kappa shape index (κ3) is 1.39. The number of aromatic nitrogens is 1. The Hall–Kier alpha value is -1.05. The first-order valence-corrected chi connectivity index (χ1v) is 5.47. The lowest BCUT2D eigenvalue weighted by atomic mass is 9.93. The van der Waals surface area contributed by atoms with Crippen LogP contribution in [0, 0.1) is 6.92 Å². The summed E-state index contributed by atoms with van der Waals surface area (Å²) in [7, 11) is 0. The summed E-state index contributed by atoms with van der Waals surface area (Å²) in [5.41, 5.74) is 4.65. The van der Waals surface area contributed by atoms with Gasteiger partial charge in [0.05, 0.1) is 0 Å². The molecule has 1 heterocycles. The van der Waals surface area contributed by atoms with Crippen molar-refractivity contribution in [1.82, 2.24) is 4.98 Å². The van der Waals surface area contributed by atoms with Crippen molar-refractivity contribution in [2.45, 2.75) is 46.0 Å². The van der Waals surface area contributed by atoms with Crippen LogP contribution in [0.5, 0.6) is 0 Å². The molecule has 0 radical (unpaired) electrons. The van der Waals surface area contributed by atoms with Crippen molar-refractivity contribution in [2.24, 2.45) is 0 Å². The van der Waals surface area contributed by atoms with Crippen LogP contribution in [-0.4, -0.2) is 10.8 Å². The molecular weight excluding hydrogens is 174 g/mol. The molecule has 1 aliphatic carbocycles. The second-order valence-corrected chi connectivity index (χ2v) is 4.11. The van der Waals surface area contributed by atoms with Gasteiger partial charge < -0.3 is 4.98 Å². The Morgan fingerprint density at radius 1 is 1.36 bits per heavy atom. The number of fused-ring (bicyclic) bond motifs is 1. The fourth-order valence-corrected chi connectivity index (χ4v) is 2.33. The third-order valence-corrected chi connectivity index (χ3v) is 3.04. The lowest BCUT2D eigenvalue weighted by Crippen LogP contribution is -2.09. The number of H-pyrrole nitrogens is 1. The average Bonchev–Trinajstić information content (AvgIpc) is 2.46. The second kappa shape index (κ2) is 3.60. The van der Waals surface area contributed by atoms with Gasteiger partial charge in [-0.15, -0.1) is 0 Å². The maximum absolute atomic E-state index is 11.7. The largest absolute Gasteiger partial charge is 0.361 e. The molecule has 76 valence electrons. The molecule has 0 saturated carbocycles. The van der Waals surface area contributed by atoms with Crippen molar-refractivity contribution in [3.63, 3.8) is 0 Å². The van der Waals surface area contributed by atoms with Crippen molar-refractivity contribution >= 4 is 5.78 Å². The molecule has 1 aromatic heterocycles. The SMILES string of the molecule is CCCc1[nH]c2c(c1C)C(=O)CCC2. The highest BCUT2D eigenvalue weighted by Gasteiger charge is 2.22. The smallest absolute Gasteiger partial charge is 0.164 e. The van der Waals surface area contributed by atoms with Crippen LogP contribution in [0.3, 0.4) is 0 Å². The minimum atomic E-state index is 0.336. The number of nitrogens with one attached hydrogen (secondary N) is 1. The van der Waals surface area contributed by atoms with Crippen molar-refractivity contribution in [1.29, 1.82) is 0 Å². The Balaban J connectivity index is 2.44. The quantitative estimate of drug-likeness (QED) is 0.766. The van der Waals surface area contributed by atoms with E-state index in [4.69, 9.17) is 0 Å². The third-order valence-electron chi connectivity index (χ3n) is 3.04. The highest BCUT2D eigenvalue weighted by Crippen LogP contribution is 2.26. The summed E-state index contributed by atoms with van der Waals surface area (Å²) in [6, 6.07) is 0. The van der Waals surface area contributed by atoms with E-state index in [0.717, 1.165) is 37.7 Å². The van der Waals surface area contributed by atoms with Gasteiger partial charge in [0.25, 0.3) is 0 Å². The molecule has 0 atom stereocenters. The Morgan fingerprint density at radius 3 is 2.79 bits per heavy atom. The summed E-state index contributed by atoms with van der Waals surface area (Å²) in [5, 5.41) is 0. The number of ketones is 1. The molecule has 1 aliphatic rings. The van der Waals surface area contributed by atoms with Crippen LogP contribution in [-0.2, 0) is 12.8 Å². The van der Waals surface area contributed by atoms with Gasteiger partial charge in [0, 0.05) is 23.4 Å². The van der Waals surface area contributed by atoms with Gasteiger partial charge in [0.15, 0.2) is 5.78 Å². The number of rotatable bonds is 2. The number of carbonyl (C=O) groups is 1. The number of carbonyl (C=O) groups excluding carboxylic acids is 1. The number of aromatic amines is 1. The van der Waals surface area contributed by atoms with E-state index >= 15 is 0 Å². The average molecular weight is 191 g/mol. The fraction of sp³-hybridized carbons (Fsp3) is 0.583. The van der Waals surface area contributed by atoms with Gasteiger partial charge in [-0.3, -0.25) is 4.79 Å². The van der Waals surface area contributed by atoms with Crippen LogP contribution < -0.4 is 0 Å². The number of Topliss-reactive ketones (excluding diaryl/α,β-unsaturated/α-hetero) is 1. The summed E-state index contributed by atoms with van der Waals surface area (Å²) in [6.45, 7) is 4.24. The summed E-state index contributed by atoms with van der Waals surface area (Å²) < 4.78 is 0. The summed E-state index contributed by atoms with van der Waals surface area (Å²) >= 11 is 0. The van der Waals surface area contributed by atoms with Crippen molar-refractivity contribution < 1.29 is 4.79 Å². The topological polar surface area (TPSA) is 32.9 Å². The fourth-order valence-electron chi connectivity index (χ4n) is 2.33. The van der Waals surface area contributed by atoms with Crippen LogP contribution >= 0.6 is 0 Å². The lowest BCUT2D eigenvalue weighted by molar-refractivity contribution is 0.0972. The molecule has 14 heavy (non-hydrogen) atoms. The minimum absolute atomic E-state index is 0.336. The number of hydrogen-bond donors (Lipinski definition) is 1. The van der Waals surface area contributed by atoms with E-state index < -0.39 is 0 Å². The van der Waals surface area contributed by atoms with E-state index in [9.17, 15) is 4.79 Å². The second-order valence-electron chi connectivity index (χ2n) is 4.11. The molecule has 0 aromatic carbocycles. The number of hydrogen-bond acceptors (Lipinski definition) is 1. The zero-order valence-corrected chi connectivity index (χ0v) is 8.94. The van der Waals surface area contributed by atoms with E-state index in [1.807, 2.05) is 0 Å². The molecule has 0 fully saturated rings. The molecule has 1 aromatic rings. The van der Waals surface area contributed by atoms with E-state index in [1.165, 1.54) is 17.0 Å². The zero-order chi connectivity index (χ0) is 10.1. The molecule has 2 rings (SSSR count). The van der Waals surface area contributed by atoms with Crippen molar-refractivity contribution in [3.05, 3.63) is 22.5 Å². The van der Waals surface area contributed by atoms with Gasteiger partial charge in [-0.2, -0.15) is 0 Å². The van der Waals surface area contributed by atoms with Gasteiger partial charge in [0.2, 0.25) is 0 Å². The van der Waals surface area contributed by atoms with Gasteiger partial charge in [-0.1, -0.05) is 13.3 Å². The Morgan fingerprint density at radius 2 is 2.14 bits per heavy atom. The van der Waals surface area contributed by atoms with E-state index in [0.29, 0.717) is 5.78 Å². The van der Waals surface area contributed by atoms with Gasteiger partial charge in [-0.05, 0) is 31.7 Å². The van der Waals surface area contributed by atoms with Crippen molar-refractivity contribution in [3.8, 4) is 0 Å². The van der Waals surface area contributed by atoms with E-state index in [-0.39, 0.29) is 0 Å². The van der Waals surface area contributed by atoms with Crippen LogP contribution in [0.15, 0.2) is 0 Å². The predicted octanol–water partition coefficient (Wildman–Crippen LogP) is 2.79. The molecule has 0 aliphatic heterocycles. The Labute approximate surface area is 84.7 Å². The molecule has 0 saturated heterocycles. The Bertz CT molecular complexity index is 363. The summed E-state index contributed by atoms with van der Waals surface area (Å²) in [4.78, 5) is 15.1. The molecular formula is C12H17NO. The molecule has 0 amide bonds. The molecule has 2 nitrogen and oxygen atoms in total. The van der Waals surface area contributed by atoms with E-state index in [1.54, 1.807) is 0 Å². The number of aryl methyl sites for hydroxylation is 2. The van der Waals surface area contributed by atoms with Crippen LogP contribution in [0.2, 0.25) is 0 Å². The maximum atomic E-state index is 11.7. The van der Waals surface area contributed by atoms with Crippen LogP contribution in [0.4, 0.5) is 0 Å². The highest BCUT2D eigenvalue weighted by molar-refractivity contribution is 5.99. The predicted molar refractivity (Wildman–Crippen MR) is 56.8 cm³/mol. The summed E-state index contributed by atoms with van der Waals surface area (Å²) in [6.07, 6.45) is 4.99. The van der Waals surface area contributed by atoms with E-state index in [2.05, 4.69) is 18.8 Å². The summed E-state index contributed by atoms with van der Waals surface area (Å²) in [5.74, 6) is 0.336. The molecule has 2 heteroatoms. The maximum Gasteiger partial charge on any atom is 0.164 e. The lowest BCUT2D eigenvalue weighted by Gasteiger charge is -2.09. The van der Waals surface area contributed by atoms with Gasteiger partial charge >= 0.3 is 0 Å². The standard InChI is InChI=1S/C12H17NO/c1-3-5-9-8(2)12-10(13-9)6-4-7-11(12)14/h13H,3-7H2,1-2H3. The normalized spacial score (nSPS) is 15.7. The molecule has 0 unspecified atom stereocenters. The molecule has 0 bridgehead atoms. The van der Waals surface area contributed by atoms with Crippen molar-refractivity contribution in [2.75, 3.05) is 0 Å². The molecule has 0 spiro atoms. The first-order valence-electron chi connectivity index (χ1n) is 5.47. The first-order chi connectivity index (χ1) is 6.74. The van der Waals surface area contributed by atoms with Crippen LogP contribution in [0.1, 0.15) is 53.5 Å².